The van der Waals surface area contributed by atoms with Crippen LogP contribution in [0.15, 0.2) is 54.6 Å². The largest absolute Gasteiger partial charge is 0.508 e. The summed E-state index contributed by atoms with van der Waals surface area (Å²) in [6, 6.07) is 17.6. The van der Waals surface area contributed by atoms with Gasteiger partial charge in [0.05, 0.1) is 6.61 Å². The van der Waals surface area contributed by atoms with Gasteiger partial charge in [-0.3, -0.25) is 0 Å². The summed E-state index contributed by atoms with van der Waals surface area (Å²) in [6.45, 7) is 5.66. The number of carbonyl (C=O) groups excluding carboxylic acids is 1. The van der Waals surface area contributed by atoms with Crippen LogP contribution in [0.25, 0.3) is 0 Å². The topological polar surface area (TPSA) is 73.2 Å². The summed E-state index contributed by atoms with van der Waals surface area (Å²) in [7, 11) is 4.25. The van der Waals surface area contributed by atoms with Crippen LogP contribution in [0.1, 0.15) is 40.4 Å². The second-order valence-electron chi connectivity index (χ2n) is 9.09. The Hall–Kier alpha value is -2.93. The summed E-state index contributed by atoms with van der Waals surface area (Å²) < 4.78 is 4.75. The molecule has 6 nitrogen and oxygen atoms in total. The van der Waals surface area contributed by atoms with Gasteiger partial charge >= 0.3 is 5.97 Å². The van der Waals surface area contributed by atoms with E-state index >= 15 is 0 Å². The molecule has 0 bridgehead atoms. The van der Waals surface area contributed by atoms with Gasteiger partial charge in [-0.2, -0.15) is 0 Å². The average molecular weight is 548 g/mol. The van der Waals surface area contributed by atoms with Crippen molar-refractivity contribution in [3.63, 3.8) is 0 Å². The Bertz CT molecular complexity index is 1180. The Morgan fingerprint density at radius 1 is 1.03 bits per heavy atom. The molecule has 8 heteroatoms. The molecule has 0 unspecified atom stereocenters. The average Bonchev–Trinajstić information content (AvgIpc) is 2.96. The molecule has 200 valence electrons. The van der Waals surface area contributed by atoms with Crippen LogP contribution in [0.2, 0.25) is 5.02 Å². The van der Waals surface area contributed by atoms with Crippen LogP contribution in [0.5, 0.6) is 11.5 Å². The van der Waals surface area contributed by atoms with Crippen molar-refractivity contribution in [2.24, 2.45) is 0 Å². The smallest absolute Gasteiger partial charge is 0.342 e. The number of fused-ring (bicyclic) bond motifs is 2. The van der Waals surface area contributed by atoms with Crippen molar-refractivity contribution in [3.05, 3.63) is 81.9 Å². The van der Waals surface area contributed by atoms with E-state index in [1.54, 1.807) is 13.8 Å². The predicted molar refractivity (Wildman–Crippen MR) is 153 cm³/mol. The standard InChI is InChI=1S/C19H23ClN2.C10H12O4.ClH/c1-21(2)12-5-13-22-18-7-4-3-6-15(18)8-9-16-10-11-17(20)14-19(16)22;1-3-14-10(13)9-6(2)4-7(11)5-8(9)12;/h3-4,6-7,10-11,14H,5,8-9,12-13H2,1-2H3;4-5,11-12H,3H2,1-2H3;1H. The second-order valence-corrected chi connectivity index (χ2v) is 9.52. The molecule has 0 fully saturated rings. The van der Waals surface area contributed by atoms with Gasteiger partial charge in [0, 0.05) is 29.0 Å². The third kappa shape index (κ3) is 8.03. The Morgan fingerprint density at radius 3 is 2.35 bits per heavy atom. The van der Waals surface area contributed by atoms with Crippen LogP contribution in [-0.4, -0.2) is 54.9 Å². The van der Waals surface area contributed by atoms with Crippen molar-refractivity contribution in [3.8, 4) is 11.5 Å². The summed E-state index contributed by atoms with van der Waals surface area (Å²) in [4.78, 5) is 16.0. The molecular formula is C29H36Cl2N2O4. The number of carbonyl (C=O) groups is 1. The lowest BCUT2D eigenvalue weighted by Crippen LogP contribution is -2.24. The minimum Gasteiger partial charge on any atom is -0.508 e. The fraction of sp³-hybridized carbons (Fsp3) is 0.345. The Kier molecular flexibility index (Phi) is 11.6. The molecule has 0 saturated carbocycles. The van der Waals surface area contributed by atoms with Gasteiger partial charge in [0.2, 0.25) is 0 Å². The molecule has 0 radical (unpaired) electrons. The molecule has 1 aliphatic heterocycles. The van der Waals surface area contributed by atoms with Crippen molar-refractivity contribution in [2.75, 3.05) is 38.7 Å². The Labute approximate surface area is 230 Å². The van der Waals surface area contributed by atoms with Crippen molar-refractivity contribution < 1.29 is 19.7 Å². The molecule has 0 aliphatic carbocycles. The second kappa shape index (κ2) is 14.1. The quantitative estimate of drug-likeness (QED) is 0.342. The van der Waals surface area contributed by atoms with Crippen LogP contribution >= 0.6 is 24.0 Å². The first-order chi connectivity index (χ1) is 17.2. The number of hydrogen-bond acceptors (Lipinski definition) is 6. The number of ether oxygens (including phenoxy) is 1. The number of benzene rings is 3. The molecule has 0 aromatic heterocycles. The number of esters is 1. The molecule has 3 aromatic rings. The van der Waals surface area contributed by atoms with E-state index < -0.39 is 5.97 Å². The molecule has 2 N–H and O–H groups in total. The first-order valence-corrected chi connectivity index (χ1v) is 12.6. The molecule has 4 rings (SSSR count). The van der Waals surface area contributed by atoms with Gasteiger partial charge in [-0.15, -0.1) is 12.4 Å². The highest BCUT2D eigenvalue weighted by Gasteiger charge is 2.20. The van der Waals surface area contributed by atoms with Gasteiger partial charge in [0.25, 0.3) is 0 Å². The SMILES string of the molecule is CCOC(=O)c1c(C)cc(O)cc1O.CN(C)CCCN1c2ccccc2CCc2ccc(Cl)cc21.Cl. The van der Waals surface area contributed by atoms with Crippen LogP contribution in [0.3, 0.4) is 0 Å². The lowest BCUT2D eigenvalue weighted by atomic mass is 10.0. The number of rotatable bonds is 6. The minimum atomic E-state index is -0.581. The summed E-state index contributed by atoms with van der Waals surface area (Å²) in [5, 5.41) is 19.3. The molecule has 0 amide bonds. The fourth-order valence-corrected chi connectivity index (χ4v) is 4.56. The number of aromatic hydroxyl groups is 2. The minimum absolute atomic E-state index is 0. The molecule has 1 aliphatic rings. The highest BCUT2D eigenvalue weighted by molar-refractivity contribution is 6.30. The van der Waals surface area contributed by atoms with E-state index in [0.717, 1.165) is 43.4 Å². The fourth-order valence-electron chi connectivity index (χ4n) is 4.39. The van der Waals surface area contributed by atoms with Gasteiger partial charge in [-0.25, -0.2) is 4.79 Å². The number of anilines is 2. The van der Waals surface area contributed by atoms with E-state index in [9.17, 15) is 9.90 Å². The van der Waals surface area contributed by atoms with E-state index in [4.69, 9.17) is 21.4 Å². The highest BCUT2D eigenvalue weighted by Crippen LogP contribution is 2.37. The number of halogens is 2. The number of aryl methyl sites for hydroxylation is 3. The lowest BCUT2D eigenvalue weighted by Gasteiger charge is -2.27. The third-order valence-corrected chi connectivity index (χ3v) is 6.29. The Balaban J connectivity index is 0.000000280. The summed E-state index contributed by atoms with van der Waals surface area (Å²) in [6.07, 6.45) is 3.30. The van der Waals surface area contributed by atoms with Crippen molar-refractivity contribution in [2.45, 2.75) is 33.1 Å². The van der Waals surface area contributed by atoms with E-state index in [-0.39, 0.29) is 36.1 Å². The van der Waals surface area contributed by atoms with Crippen molar-refractivity contribution >= 4 is 41.4 Å². The molecular weight excluding hydrogens is 511 g/mol. The maximum Gasteiger partial charge on any atom is 0.342 e. The molecule has 0 saturated heterocycles. The normalized spacial score (nSPS) is 11.9. The maximum atomic E-state index is 11.3. The molecule has 3 aromatic carbocycles. The van der Waals surface area contributed by atoms with Crippen LogP contribution in [0.4, 0.5) is 11.4 Å². The summed E-state index contributed by atoms with van der Waals surface area (Å²) in [5.74, 6) is -0.920. The number of phenols is 2. The highest BCUT2D eigenvalue weighted by atomic mass is 35.5. The van der Waals surface area contributed by atoms with E-state index in [1.165, 1.54) is 28.6 Å². The number of nitrogens with zero attached hydrogens (tertiary/aromatic N) is 2. The van der Waals surface area contributed by atoms with E-state index in [0.29, 0.717) is 5.56 Å². The van der Waals surface area contributed by atoms with Gasteiger partial charge < -0.3 is 24.7 Å². The zero-order valence-corrected chi connectivity index (χ0v) is 23.4. The Morgan fingerprint density at radius 2 is 1.70 bits per heavy atom. The van der Waals surface area contributed by atoms with Gasteiger partial charge in [0.1, 0.15) is 17.1 Å². The van der Waals surface area contributed by atoms with Crippen molar-refractivity contribution in [1.82, 2.24) is 4.90 Å². The van der Waals surface area contributed by atoms with Crippen LogP contribution in [0, 0.1) is 6.92 Å². The van der Waals surface area contributed by atoms with Crippen molar-refractivity contribution in [1.29, 1.82) is 0 Å². The first-order valence-electron chi connectivity index (χ1n) is 12.2. The van der Waals surface area contributed by atoms with Gasteiger partial charge in [0.15, 0.2) is 0 Å². The monoisotopic (exact) mass is 546 g/mol. The third-order valence-electron chi connectivity index (χ3n) is 6.05. The zero-order valence-electron chi connectivity index (χ0n) is 21.8. The molecule has 0 spiro atoms. The molecule has 1 heterocycles. The molecule has 37 heavy (non-hydrogen) atoms. The van der Waals surface area contributed by atoms with Gasteiger partial charge in [-0.1, -0.05) is 35.9 Å². The van der Waals surface area contributed by atoms with E-state index in [1.807, 2.05) is 6.07 Å². The lowest BCUT2D eigenvalue weighted by molar-refractivity contribution is 0.0522. The summed E-state index contributed by atoms with van der Waals surface area (Å²) in [5.41, 5.74) is 6.02. The van der Waals surface area contributed by atoms with Crippen LogP contribution in [-0.2, 0) is 17.6 Å². The number of para-hydroxylation sites is 1. The number of hydrogen-bond donors (Lipinski definition) is 2. The first kappa shape index (κ1) is 30.3. The van der Waals surface area contributed by atoms with E-state index in [2.05, 4.69) is 60.3 Å². The number of phenolic OH excluding ortho intramolecular Hbond substituents is 2. The molecule has 0 atom stereocenters. The summed E-state index contributed by atoms with van der Waals surface area (Å²) >= 11 is 6.27. The predicted octanol–water partition coefficient (Wildman–Crippen LogP) is 6.53. The zero-order chi connectivity index (χ0) is 26.2. The van der Waals surface area contributed by atoms with Crippen LogP contribution < -0.4 is 4.90 Å². The maximum absolute atomic E-state index is 11.3. The van der Waals surface area contributed by atoms with Gasteiger partial charge in [-0.05, 0) is 94.7 Å².